The quantitative estimate of drug-likeness (QED) is 0.297. The summed E-state index contributed by atoms with van der Waals surface area (Å²) in [5.41, 5.74) is 11.4. The number of phenols is 1. The summed E-state index contributed by atoms with van der Waals surface area (Å²) >= 11 is 0. The van der Waals surface area contributed by atoms with Crippen LogP contribution in [-0.4, -0.2) is 42.7 Å². The average Bonchev–Trinajstić information content (AvgIpc) is 3.30. The monoisotopic (exact) mass is 512 g/mol. The van der Waals surface area contributed by atoms with Crippen LogP contribution in [0.5, 0.6) is 5.75 Å². The Balaban J connectivity index is 1.31. The number of aromatic hydroxyl groups is 1. The molecule has 2 aliphatic rings. The van der Waals surface area contributed by atoms with E-state index in [1.807, 2.05) is 58.0 Å². The molecule has 1 amide bonds. The van der Waals surface area contributed by atoms with E-state index in [0.29, 0.717) is 16.7 Å². The third kappa shape index (κ3) is 4.89. The fraction of sp³-hybridized carbons (Fsp3) is 0.300. The van der Waals surface area contributed by atoms with Gasteiger partial charge in [0.1, 0.15) is 12.4 Å². The highest BCUT2D eigenvalue weighted by Gasteiger charge is 2.52. The molecule has 0 aromatic heterocycles. The van der Waals surface area contributed by atoms with Crippen molar-refractivity contribution in [2.75, 3.05) is 18.9 Å². The van der Waals surface area contributed by atoms with Crippen LogP contribution in [0.3, 0.4) is 0 Å². The highest BCUT2D eigenvalue weighted by Crippen LogP contribution is 2.44. The third-order valence-corrected chi connectivity index (χ3v) is 7.75. The van der Waals surface area contributed by atoms with Gasteiger partial charge in [-0.3, -0.25) is 0 Å². The summed E-state index contributed by atoms with van der Waals surface area (Å²) in [6.45, 7) is 8.24. The molecule has 1 heterocycles. The smallest absolute Gasteiger partial charge is 0.492 e. The van der Waals surface area contributed by atoms with Crippen molar-refractivity contribution in [1.29, 1.82) is 0 Å². The molecular formula is C30H33BN2O5. The number of carbonyl (C=O) groups excluding carboxylic acids is 1. The lowest BCUT2D eigenvalue weighted by molar-refractivity contribution is 0.00578. The lowest BCUT2D eigenvalue weighted by Gasteiger charge is -2.32. The van der Waals surface area contributed by atoms with Crippen LogP contribution in [0, 0.1) is 0 Å². The van der Waals surface area contributed by atoms with E-state index in [1.54, 1.807) is 12.1 Å². The molecule has 1 aliphatic heterocycles. The largest absolute Gasteiger partial charge is 0.508 e. The van der Waals surface area contributed by atoms with Crippen molar-refractivity contribution in [3.8, 4) is 16.9 Å². The maximum Gasteiger partial charge on any atom is 0.492 e. The number of hydrogen-bond donors (Lipinski definition) is 3. The van der Waals surface area contributed by atoms with Gasteiger partial charge in [-0.05, 0) is 73.1 Å². The molecule has 0 unspecified atom stereocenters. The highest BCUT2D eigenvalue weighted by atomic mass is 16.7. The number of hydrogen-bond acceptors (Lipinski definition) is 6. The second kappa shape index (κ2) is 9.85. The van der Waals surface area contributed by atoms with Gasteiger partial charge in [-0.25, -0.2) is 4.79 Å². The van der Waals surface area contributed by atoms with E-state index in [4.69, 9.17) is 19.8 Å². The molecule has 1 aliphatic carbocycles. The minimum atomic E-state index is -0.693. The van der Waals surface area contributed by atoms with E-state index in [-0.39, 0.29) is 24.8 Å². The van der Waals surface area contributed by atoms with Crippen molar-refractivity contribution < 1.29 is 23.9 Å². The SMILES string of the molecule is CC1(C)OB(C(=Cc2ccc(O)cc2N)CNC(=O)OCC2c3ccccc3-c3ccccc32)OC1(C)C. The summed E-state index contributed by atoms with van der Waals surface area (Å²) in [5.74, 6) is 0.0525. The van der Waals surface area contributed by atoms with E-state index in [9.17, 15) is 9.90 Å². The third-order valence-electron chi connectivity index (χ3n) is 7.75. The summed E-state index contributed by atoms with van der Waals surface area (Å²) in [5, 5.41) is 12.6. The minimum Gasteiger partial charge on any atom is -0.508 e. The topological polar surface area (TPSA) is 103 Å². The van der Waals surface area contributed by atoms with Crippen molar-refractivity contribution in [3.63, 3.8) is 0 Å². The zero-order chi connectivity index (χ0) is 27.1. The molecule has 0 bridgehead atoms. The maximum absolute atomic E-state index is 12.9. The Morgan fingerprint density at radius 1 is 1.00 bits per heavy atom. The van der Waals surface area contributed by atoms with Crippen LogP contribution in [-0.2, 0) is 14.0 Å². The van der Waals surface area contributed by atoms with Gasteiger partial charge in [-0.2, -0.15) is 0 Å². The summed E-state index contributed by atoms with van der Waals surface area (Å²) in [7, 11) is -0.693. The Hall–Kier alpha value is -3.75. The molecule has 5 rings (SSSR count). The summed E-state index contributed by atoms with van der Waals surface area (Å²) in [4.78, 5) is 12.9. The standard InChI is InChI=1S/C30H33BN2O5/c1-29(2)30(3,4)38-31(37-29)20(15-19-13-14-21(34)16-27(19)32)17-33-28(35)36-18-26-24-11-7-5-9-22(24)23-10-6-8-12-25(23)26/h5-16,26,34H,17-18,32H2,1-4H3,(H,33,35). The number of phenolic OH excluding ortho intramolecular Hbond substituents is 1. The molecular weight excluding hydrogens is 479 g/mol. The molecule has 3 aromatic carbocycles. The van der Waals surface area contributed by atoms with Gasteiger partial charge in [0.2, 0.25) is 0 Å². The molecule has 0 radical (unpaired) electrons. The molecule has 0 saturated carbocycles. The normalized spacial score (nSPS) is 17.7. The predicted octanol–water partition coefficient (Wildman–Crippen LogP) is 5.53. The summed E-state index contributed by atoms with van der Waals surface area (Å²) in [6, 6.07) is 21.2. The first kappa shape index (κ1) is 25.9. The number of ether oxygens (including phenoxy) is 1. The Labute approximate surface area is 223 Å². The second-order valence-corrected chi connectivity index (χ2v) is 10.8. The number of anilines is 1. The van der Waals surface area contributed by atoms with Gasteiger partial charge >= 0.3 is 13.2 Å². The van der Waals surface area contributed by atoms with E-state index in [0.717, 1.165) is 11.1 Å². The number of amides is 1. The minimum absolute atomic E-state index is 0.0249. The Morgan fingerprint density at radius 3 is 2.16 bits per heavy atom. The average molecular weight is 512 g/mol. The van der Waals surface area contributed by atoms with Crippen LogP contribution < -0.4 is 11.1 Å². The van der Waals surface area contributed by atoms with Gasteiger partial charge < -0.3 is 30.2 Å². The Kier molecular flexibility index (Phi) is 6.71. The molecule has 8 heteroatoms. The second-order valence-electron chi connectivity index (χ2n) is 10.8. The van der Waals surface area contributed by atoms with Crippen molar-refractivity contribution in [1.82, 2.24) is 5.32 Å². The molecule has 1 fully saturated rings. The van der Waals surface area contributed by atoms with E-state index in [2.05, 4.69) is 29.6 Å². The number of nitrogens with one attached hydrogen (secondary N) is 1. The zero-order valence-corrected chi connectivity index (χ0v) is 22.2. The van der Waals surface area contributed by atoms with Crippen LogP contribution in [0.2, 0.25) is 0 Å². The molecule has 4 N–H and O–H groups in total. The number of fused-ring (bicyclic) bond motifs is 3. The molecule has 0 atom stereocenters. The summed E-state index contributed by atoms with van der Waals surface area (Å²) < 4.78 is 18.2. The predicted molar refractivity (Wildman–Crippen MR) is 150 cm³/mol. The molecule has 1 saturated heterocycles. The van der Waals surface area contributed by atoms with Gasteiger partial charge in [0.25, 0.3) is 0 Å². The summed E-state index contributed by atoms with van der Waals surface area (Å²) in [6.07, 6.45) is 1.29. The fourth-order valence-corrected chi connectivity index (χ4v) is 4.91. The fourth-order valence-electron chi connectivity index (χ4n) is 4.91. The number of carbonyl (C=O) groups is 1. The van der Waals surface area contributed by atoms with Crippen LogP contribution in [0.15, 0.2) is 72.2 Å². The van der Waals surface area contributed by atoms with E-state index >= 15 is 0 Å². The van der Waals surface area contributed by atoms with E-state index < -0.39 is 24.4 Å². The molecule has 38 heavy (non-hydrogen) atoms. The van der Waals surface area contributed by atoms with Gasteiger partial charge in [0.15, 0.2) is 0 Å². The van der Waals surface area contributed by atoms with Crippen molar-refractivity contribution in [2.45, 2.75) is 44.8 Å². The van der Waals surface area contributed by atoms with Gasteiger partial charge in [-0.15, -0.1) is 0 Å². The van der Waals surface area contributed by atoms with E-state index in [1.165, 1.54) is 17.2 Å². The van der Waals surface area contributed by atoms with Crippen molar-refractivity contribution >= 4 is 25.0 Å². The number of nitrogen functional groups attached to an aromatic ring is 1. The molecule has 196 valence electrons. The van der Waals surface area contributed by atoms with Crippen molar-refractivity contribution in [3.05, 3.63) is 88.9 Å². The van der Waals surface area contributed by atoms with Crippen molar-refractivity contribution in [2.24, 2.45) is 0 Å². The van der Waals surface area contributed by atoms with Gasteiger partial charge in [0, 0.05) is 24.2 Å². The van der Waals surface area contributed by atoms with Crippen LogP contribution in [0.25, 0.3) is 17.2 Å². The number of benzene rings is 3. The first-order valence-corrected chi connectivity index (χ1v) is 12.8. The number of rotatable bonds is 6. The lowest BCUT2D eigenvalue weighted by atomic mass is 9.77. The van der Waals surface area contributed by atoms with Gasteiger partial charge in [-0.1, -0.05) is 54.6 Å². The maximum atomic E-state index is 12.9. The van der Waals surface area contributed by atoms with Crippen LogP contribution in [0.4, 0.5) is 10.5 Å². The first-order valence-electron chi connectivity index (χ1n) is 12.8. The Morgan fingerprint density at radius 2 is 1.58 bits per heavy atom. The lowest BCUT2D eigenvalue weighted by Crippen LogP contribution is -2.41. The molecule has 0 spiro atoms. The van der Waals surface area contributed by atoms with Gasteiger partial charge in [0.05, 0.1) is 11.2 Å². The zero-order valence-electron chi connectivity index (χ0n) is 22.2. The number of nitrogens with two attached hydrogens (primary N) is 1. The highest BCUT2D eigenvalue weighted by molar-refractivity contribution is 6.56. The molecule has 3 aromatic rings. The van der Waals surface area contributed by atoms with Crippen LogP contribution in [0.1, 0.15) is 50.3 Å². The van der Waals surface area contributed by atoms with Crippen LogP contribution >= 0.6 is 0 Å². The number of alkyl carbamates (subject to hydrolysis) is 1. The first-order chi connectivity index (χ1) is 18.1. The Bertz CT molecular complexity index is 1340. The molecule has 7 nitrogen and oxygen atoms in total.